The second kappa shape index (κ2) is 7.07. The molecule has 0 atom stereocenters. The van der Waals surface area contributed by atoms with Crippen LogP contribution in [0.15, 0.2) is 35.9 Å². The van der Waals surface area contributed by atoms with Crippen molar-refractivity contribution in [1.29, 1.82) is 0 Å². The van der Waals surface area contributed by atoms with Crippen LogP contribution in [0.3, 0.4) is 0 Å². The molecule has 0 radical (unpaired) electrons. The van der Waals surface area contributed by atoms with Crippen LogP contribution in [0.4, 0.5) is 0 Å². The fourth-order valence-electron chi connectivity index (χ4n) is 3.10. The van der Waals surface area contributed by atoms with E-state index in [1.54, 1.807) is 0 Å². The van der Waals surface area contributed by atoms with Crippen LogP contribution >= 0.6 is 0 Å². The van der Waals surface area contributed by atoms with Gasteiger partial charge < -0.3 is 10.2 Å². The Labute approximate surface area is 124 Å². The highest BCUT2D eigenvalue weighted by Gasteiger charge is 2.26. The van der Waals surface area contributed by atoms with Gasteiger partial charge in [0.05, 0.1) is 12.0 Å². The molecule has 1 aromatic carbocycles. The number of benzene rings is 1. The maximum Gasteiger partial charge on any atom is 0.332 e. The molecule has 1 fully saturated rings. The van der Waals surface area contributed by atoms with Crippen molar-refractivity contribution < 1.29 is 19.8 Å². The maximum atomic E-state index is 11.6. The van der Waals surface area contributed by atoms with Crippen LogP contribution in [0, 0.1) is 5.92 Å². The lowest BCUT2D eigenvalue weighted by atomic mass is 9.78. The van der Waals surface area contributed by atoms with Crippen LogP contribution in [-0.2, 0) is 9.59 Å². The molecule has 0 bridgehead atoms. The van der Waals surface area contributed by atoms with Crippen LogP contribution in [0.2, 0.25) is 0 Å². The van der Waals surface area contributed by atoms with Crippen molar-refractivity contribution in [2.45, 2.75) is 38.5 Å². The van der Waals surface area contributed by atoms with Gasteiger partial charge in [0.2, 0.25) is 0 Å². The van der Waals surface area contributed by atoms with E-state index in [0.717, 1.165) is 31.2 Å². The number of aliphatic carboxylic acids is 2. The van der Waals surface area contributed by atoms with E-state index in [0.29, 0.717) is 5.57 Å². The SMILES string of the molecule is O=C(O)CC(C(=O)O)=C(c1ccccc1)C1CCCCC1. The molecule has 0 aliphatic heterocycles. The number of hydrogen-bond donors (Lipinski definition) is 2. The third-order valence-corrected chi connectivity index (χ3v) is 4.01. The first-order chi connectivity index (χ1) is 10.1. The summed E-state index contributed by atoms with van der Waals surface area (Å²) in [4.78, 5) is 22.6. The minimum absolute atomic E-state index is 0.0283. The third-order valence-electron chi connectivity index (χ3n) is 4.01. The first-order valence-electron chi connectivity index (χ1n) is 7.33. The van der Waals surface area contributed by atoms with Gasteiger partial charge in [0.1, 0.15) is 0 Å². The summed E-state index contributed by atoms with van der Waals surface area (Å²) >= 11 is 0. The molecule has 2 N–H and O–H groups in total. The predicted molar refractivity (Wildman–Crippen MR) is 79.8 cm³/mol. The van der Waals surface area contributed by atoms with Crippen LogP contribution in [0.1, 0.15) is 44.1 Å². The van der Waals surface area contributed by atoms with Crippen molar-refractivity contribution in [3.05, 3.63) is 41.5 Å². The smallest absolute Gasteiger partial charge is 0.332 e. The van der Waals surface area contributed by atoms with Crippen LogP contribution < -0.4 is 0 Å². The Kier molecular flexibility index (Phi) is 5.14. The van der Waals surface area contributed by atoms with Gasteiger partial charge in [0.15, 0.2) is 0 Å². The average molecular weight is 288 g/mol. The summed E-state index contributed by atoms with van der Waals surface area (Å²) in [5.74, 6) is -2.08. The van der Waals surface area contributed by atoms with Crippen molar-refractivity contribution in [3.63, 3.8) is 0 Å². The second-order valence-electron chi connectivity index (χ2n) is 5.47. The van der Waals surface area contributed by atoms with E-state index in [9.17, 15) is 14.7 Å². The standard InChI is InChI=1S/C17H20O4/c18-15(19)11-14(17(20)21)16(12-7-3-1-4-8-12)13-9-5-2-6-10-13/h1,3-4,7-8,13H,2,5-6,9-11H2,(H,18,19)(H,20,21). The van der Waals surface area contributed by atoms with Gasteiger partial charge >= 0.3 is 11.9 Å². The molecule has 0 unspecified atom stereocenters. The van der Waals surface area contributed by atoms with Gasteiger partial charge in [-0.2, -0.15) is 0 Å². The summed E-state index contributed by atoms with van der Waals surface area (Å²) in [6, 6.07) is 9.33. The molecular weight excluding hydrogens is 268 g/mol. The number of carboxylic acid groups (broad SMARTS) is 2. The Morgan fingerprint density at radius 3 is 2.14 bits per heavy atom. The van der Waals surface area contributed by atoms with Gasteiger partial charge in [-0.3, -0.25) is 4.79 Å². The number of hydrogen-bond acceptors (Lipinski definition) is 2. The monoisotopic (exact) mass is 288 g/mol. The van der Waals surface area contributed by atoms with Crippen molar-refractivity contribution in [3.8, 4) is 0 Å². The summed E-state index contributed by atoms with van der Waals surface area (Å²) in [5, 5.41) is 18.5. The molecule has 112 valence electrons. The largest absolute Gasteiger partial charge is 0.481 e. The summed E-state index contributed by atoms with van der Waals surface area (Å²) in [7, 11) is 0. The highest BCUT2D eigenvalue weighted by atomic mass is 16.4. The van der Waals surface area contributed by atoms with E-state index >= 15 is 0 Å². The molecule has 21 heavy (non-hydrogen) atoms. The van der Waals surface area contributed by atoms with Crippen LogP contribution in [-0.4, -0.2) is 22.2 Å². The molecule has 2 rings (SSSR count). The van der Waals surface area contributed by atoms with Gasteiger partial charge in [-0.15, -0.1) is 0 Å². The summed E-state index contributed by atoms with van der Waals surface area (Å²) < 4.78 is 0. The molecule has 1 aliphatic rings. The lowest BCUT2D eigenvalue weighted by molar-refractivity contribution is -0.139. The van der Waals surface area contributed by atoms with E-state index in [-0.39, 0.29) is 11.5 Å². The van der Waals surface area contributed by atoms with E-state index in [2.05, 4.69) is 0 Å². The summed E-state index contributed by atoms with van der Waals surface area (Å²) in [6.07, 6.45) is 4.74. The molecule has 0 heterocycles. The minimum atomic E-state index is -1.12. The molecule has 1 aliphatic carbocycles. The second-order valence-corrected chi connectivity index (χ2v) is 5.47. The van der Waals surface area contributed by atoms with Crippen LogP contribution in [0.25, 0.3) is 5.57 Å². The highest BCUT2D eigenvalue weighted by molar-refractivity contribution is 6.00. The van der Waals surface area contributed by atoms with E-state index in [1.165, 1.54) is 6.42 Å². The van der Waals surface area contributed by atoms with E-state index in [4.69, 9.17) is 5.11 Å². The molecule has 4 nitrogen and oxygen atoms in total. The zero-order valence-electron chi connectivity index (χ0n) is 11.9. The predicted octanol–water partition coefficient (Wildman–Crippen LogP) is 3.58. The number of carboxylic acids is 2. The lowest BCUT2D eigenvalue weighted by Crippen LogP contribution is -2.16. The molecular formula is C17H20O4. The van der Waals surface area contributed by atoms with E-state index in [1.807, 2.05) is 30.3 Å². The van der Waals surface area contributed by atoms with Gasteiger partial charge in [0.25, 0.3) is 0 Å². The van der Waals surface area contributed by atoms with Crippen molar-refractivity contribution in [2.24, 2.45) is 5.92 Å². The van der Waals surface area contributed by atoms with Crippen LogP contribution in [0.5, 0.6) is 0 Å². The number of allylic oxidation sites excluding steroid dienone is 1. The van der Waals surface area contributed by atoms with Gasteiger partial charge in [-0.25, -0.2) is 4.79 Å². The average Bonchev–Trinajstić information content (AvgIpc) is 2.48. The fourth-order valence-corrected chi connectivity index (χ4v) is 3.10. The van der Waals surface area contributed by atoms with Gasteiger partial charge in [-0.05, 0) is 29.9 Å². The molecule has 1 aromatic rings. The Balaban J connectivity index is 2.51. The van der Waals surface area contributed by atoms with Crippen molar-refractivity contribution in [2.75, 3.05) is 0 Å². The summed E-state index contributed by atoms with van der Waals surface area (Å²) in [5.41, 5.74) is 1.58. The quantitative estimate of drug-likeness (QED) is 0.812. The normalized spacial score (nSPS) is 17.1. The third kappa shape index (κ3) is 3.94. The molecule has 0 amide bonds. The Morgan fingerprint density at radius 2 is 1.62 bits per heavy atom. The Morgan fingerprint density at radius 1 is 1.00 bits per heavy atom. The highest BCUT2D eigenvalue weighted by Crippen LogP contribution is 2.38. The Bertz CT molecular complexity index is 539. The zero-order valence-corrected chi connectivity index (χ0v) is 11.9. The molecule has 4 heteroatoms. The van der Waals surface area contributed by atoms with Crippen molar-refractivity contribution >= 4 is 17.5 Å². The fraction of sp³-hybridized carbons (Fsp3) is 0.412. The number of rotatable bonds is 5. The first-order valence-corrected chi connectivity index (χ1v) is 7.33. The topological polar surface area (TPSA) is 74.6 Å². The van der Waals surface area contributed by atoms with E-state index < -0.39 is 18.4 Å². The molecule has 0 aromatic heterocycles. The van der Waals surface area contributed by atoms with Crippen molar-refractivity contribution in [1.82, 2.24) is 0 Å². The number of carbonyl (C=O) groups is 2. The molecule has 0 saturated heterocycles. The van der Waals surface area contributed by atoms with Gasteiger partial charge in [-0.1, -0.05) is 49.6 Å². The Hall–Kier alpha value is -2.10. The summed E-state index contributed by atoms with van der Waals surface area (Å²) in [6.45, 7) is 0. The minimum Gasteiger partial charge on any atom is -0.481 e. The lowest BCUT2D eigenvalue weighted by Gasteiger charge is -2.26. The molecule has 0 spiro atoms. The molecule has 1 saturated carbocycles. The van der Waals surface area contributed by atoms with Gasteiger partial charge in [0, 0.05) is 0 Å². The zero-order chi connectivity index (χ0) is 15.2. The maximum absolute atomic E-state index is 11.6. The first kappa shape index (κ1) is 15.3.